The third-order valence-corrected chi connectivity index (χ3v) is 8.45. The third-order valence-electron chi connectivity index (χ3n) is 8.45. The van der Waals surface area contributed by atoms with E-state index in [9.17, 15) is 13.6 Å². The SMILES string of the molecule is O=C(CC1CCC(Nc2cc(-n3c(C(F)F)nc4ccccc43)nc(N3CCOCC3)n2)CC1)[C@@H]1CCCNC1. The predicted octanol–water partition coefficient (Wildman–Crippen LogP) is 4.52. The number of hydrogen-bond acceptors (Lipinski definition) is 8. The zero-order chi connectivity index (χ0) is 27.5. The molecule has 1 aliphatic carbocycles. The lowest BCUT2D eigenvalue weighted by Gasteiger charge is -2.31. The Morgan fingerprint density at radius 2 is 1.88 bits per heavy atom. The molecule has 3 aliphatic rings. The lowest BCUT2D eigenvalue weighted by Crippen LogP contribution is -2.38. The van der Waals surface area contributed by atoms with Crippen molar-refractivity contribution in [3.8, 4) is 5.82 Å². The van der Waals surface area contributed by atoms with Crippen LogP contribution in [0, 0.1) is 11.8 Å². The molecule has 3 aromatic rings. The van der Waals surface area contributed by atoms with Gasteiger partial charge >= 0.3 is 0 Å². The number of fused-ring (bicyclic) bond motifs is 1. The van der Waals surface area contributed by atoms with Crippen LogP contribution in [0.1, 0.15) is 57.2 Å². The number of ketones is 1. The van der Waals surface area contributed by atoms with Gasteiger partial charge in [0.1, 0.15) is 17.4 Å². The summed E-state index contributed by atoms with van der Waals surface area (Å²) in [7, 11) is 0. The van der Waals surface area contributed by atoms with E-state index in [1.807, 2.05) is 11.0 Å². The van der Waals surface area contributed by atoms with Crippen LogP contribution in [0.15, 0.2) is 30.3 Å². The van der Waals surface area contributed by atoms with E-state index in [1.54, 1.807) is 24.3 Å². The molecule has 3 fully saturated rings. The minimum atomic E-state index is -2.76. The van der Waals surface area contributed by atoms with Gasteiger partial charge in [0.05, 0.1) is 24.2 Å². The number of morpholine rings is 1. The molecule has 2 aliphatic heterocycles. The van der Waals surface area contributed by atoms with E-state index in [2.05, 4.69) is 15.6 Å². The fraction of sp³-hybridized carbons (Fsp3) is 0.586. The molecule has 2 aromatic heterocycles. The second-order valence-corrected chi connectivity index (χ2v) is 11.2. The summed E-state index contributed by atoms with van der Waals surface area (Å²) in [4.78, 5) is 28.6. The van der Waals surface area contributed by atoms with Gasteiger partial charge in [-0.05, 0) is 63.1 Å². The van der Waals surface area contributed by atoms with Gasteiger partial charge in [-0.3, -0.25) is 9.36 Å². The molecule has 0 spiro atoms. The maximum absolute atomic E-state index is 14.1. The fourth-order valence-corrected chi connectivity index (χ4v) is 6.24. The number of para-hydroxylation sites is 2. The lowest BCUT2D eigenvalue weighted by molar-refractivity contribution is -0.124. The monoisotopic (exact) mass is 553 g/mol. The molecule has 0 unspecified atom stereocenters. The number of alkyl halides is 2. The van der Waals surface area contributed by atoms with Gasteiger partial charge in [0.25, 0.3) is 6.43 Å². The highest BCUT2D eigenvalue weighted by Gasteiger charge is 2.28. The number of carbonyl (C=O) groups excluding carboxylic acids is 1. The summed E-state index contributed by atoms with van der Waals surface area (Å²) in [5.74, 6) is 2.12. The smallest absolute Gasteiger partial charge is 0.296 e. The molecule has 0 bridgehead atoms. The van der Waals surface area contributed by atoms with Gasteiger partial charge in [0.2, 0.25) is 5.95 Å². The van der Waals surface area contributed by atoms with E-state index >= 15 is 0 Å². The van der Waals surface area contributed by atoms with Gasteiger partial charge < -0.3 is 20.3 Å². The Morgan fingerprint density at radius 3 is 2.62 bits per heavy atom. The first-order valence-corrected chi connectivity index (χ1v) is 14.5. The summed E-state index contributed by atoms with van der Waals surface area (Å²) in [6.45, 7) is 4.21. The Balaban J connectivity index is 1.22. The number of rotatable bonds is 8. The molecule has 4 heterocycles. The highest BCUT2D eigenvalue weighted by Crippen LogP contribution is 2.32. The summed E-state index contributed by atoms with van der Waals surface area (Å²) >= 11 is 0. The molecule has 2 N–H and O–H groups in total. The topological polar surface area (TPSA) is 97.2 Å². The molecule has 1 saturated carbocycles. The van der Waals surface area contributed by atoms with Crippen molar-refractivity contribution < 1.29 is 18.3 Å². The number of aromatic nitrogens is 4. The van der Waals surface area contributed by atoms with Crippen LogP contribution in [0.5, 0.6) is 0 Å². The summed E-state index contributed by atoms with van der Waals surface area (Å²) in [6, 6.07) is 9.05. The summed E-state index contributed by atoms with van der Waals surface area (Å²) < 4.78 is 35.2. The summed E-state index contributed by atoms with van der Waals surface area (Å²) in [6.07, 6.45) is 3.83. The number of piperidine rings is 1. The number of anilines is 2. The molecule has 1 atom stereocenters. The Bertz CT molecular complexity index is 1310. The molecule has 2 saturated heterocycles. The van der Waals surface area contributed by atoms with Crippen LogP contribution in [0.25, 0.3) is 16.9 Å². The zero-order valence-corrected chi connectivity index (χ0v) is 22.7. The summed E-state index contributed by atoms with van der Waals surface area (Å²) in [5.41, 5.74) is 1.07. The van der Waals surface area contributed by atoms with Crippen molar-refractivity contribution >= 4 is 28.6 Å². The van der Waals surface area contributed by atoms with E-state index in [4.69, 9.17) is 14.7 Å². The number of nitrogens with one attached hydrogen (secondary N) is 2. The molecule has 0 radical (unpaired) electrons. The van der Waals surface area contributed by atoms with Crippen LogP contribution in [-0.4, -0.2) is 70.7 Å². The van der Waals surface area contributed by atoms with Crippen LogP contribution in [0.4, 0.5) is 20.5 Å². The minimum absolute atomic E-state index is 0.167. The van der Waals surface area contributed by atoms with E-state index < -0.39 is 6.43 Å². The average Bonchev–Trinajstić information content (AvgIpc) is 3.39. The molecule has 11 heteroatoms. The normalized spacial score (nSPS) is 24.0. The van der Waals surface area contributed by atoms with Gasteiger partial charge in [-0.1, -0.05) is 12.1 Å². The quantitative estimate of drug-likeness (QED) is 0.420. The predicted molar refractivity (Wildman–Crippen MR) is 149 cm³/mol. The Kier molecular flexibility index (Phi) is 8.20. The molecule has 6 rings (SSSR count). The number of nitrogens with zero attached hydrogens (tertiary/aromatic N) is 5. The van der Waals surface area contributed by atoms with E-state index in [0.29, 0.717) is 73.0 Å². The maximum Gasteiger partial charge on any atom is 0.296 e. The van der Waals surface area contributed by atoms with Crippen molar-refractivity contribution in [2.45, 2.75) is 57.4 Å². The van der Waals surface area contributed by atoms with Crippen LogP contribution in [0.2, 0.25) is 0 Å². The van der Waals surface area contributed by atoms with Gasteiger partial charge in [0, 0.05) is 44.1 Å². The lowest BCUT2D eigenvalue weighted by atomic mass is 9.80. The van der Waals surface area contributed by atoms with Crippen molar-refractivity contribution in [1.29, 1.82) is 0 Å². The van der Waals surface area contributed by atoms with Gasteiger partial charge in [-0.15, -0.1) is 0 Å². The van der Waals surface area contributed by atoms with Crippen molar-refractivity contribution in [2.24, 2.45) is 11.8 Å². The maximum atomic E-state index is 14.1. The largest absolute Gasteiger partial charge is 0.378 e. The van der Waals surface area contributed by atoms with E-state index in [0.717, 1.165) is 51.6 Å². The van der Waals surface area contributed by atoms with Crippen molar-refractivity contribution in [3.63, 3.8) is 0 Å². The Hall–Kier alpha value is -3.18. The molecule has 40 heavy (non-hydrogen) atoms. The Morgan fingerprint density at radius 1 is 1.07 bits per heavy atom. The van der Waals surface area contributed by atoms with Crippen LogP contribution in [-0.2, 0) is 9.53 Å². The number of ether oxygens (including phenoxy) is 1. The first-order valence-electron chi connectivity index (χ1n) is 14.5. The van der Waals surface area contributed by atoms with Crippen molar-refractivity contribution in [3.05, 3.63) is 36.2 Å². The van der Waals surface area contributed by atoms with Crippen LogP contribution < -0.4 is 15.5 Å². The zero-order valence-electron chi connectivity index (χ0n) is 22.7. The van der Waals surface area contributed by atoms with Gasteiger partial charge in [0.15, 0.2) is 5.82 Å². The summed E-state index contributed by atoms with van der Waals surface area (Å²) in [5, 5.41) is 6.92. The standard InChI is InChI=1S/C29H37F2N7O2/c30-27(31)28-34-22-5-1-2-6-23(22)38(28)26-17-25(35-29(36-26)37-12-14-40-15-13-37)33-21-9-7-19(8-10-21)16-24(39)20-4-3-11-32-18-20/h1-2,5-6,17,19-21,27,32H,3-4,7-16,18H2,(H,33,35,36)/t19?,20-,21?/m1/s1. The number of imidazole rings is 1. The average molecular weight is 554 g/mol. The molecular formula is C29H37F2N7O2. The highest BCUT2D eigenvalue weighted by atomic mass is 19.3. The number of carbonyl (C=O) groups is 1. The Labute approximate surface area is 232 Å². The third kappa shape index (κ3) is 5.95. The van der Waals surface area contributed by atoms with E-state index in [1.165, 1.54) is 4.57 Å². The molecule has 1 aromatic carbocycles. The molecule has 9 nitrogen and oxygen atoms in total. The molecular weight excluding hydrogens is 516 g/mol. The van der Waals surface area contributed by atoms with Crippen LogP contribution in [0.3, 0.4) is 0 Å². The second-order valence-electron chi connectivity index (χ2n) is 11.2. The number of Topliss-reactive ketones (excluding diaryl/α,β-unsaturated/α-hetero) is 1. The highest BCUT2D eigenvalue weighted by molar-refractivity contribution is 5.81. The van der Waals surface area contributed by atoms with Crippen molar-refractivity contribution in [1.82, 2.24) is 24.8 Å². The minimum Gasteiger partial charge on any atom is -0.378 e. The first-order chi connectivity index (χ1) is 19.5. The number of halogens is 2. The van der Waals surface area contributed by atoms with Gasteiger partial charge in [-0.25, -0.2) is 13.8 Å². The van der Waals surface area contributed by atoms with Gasteiger partial charge in [-0.2, -0.15) is 9.97 Å². The second kappa shape index (κ2) is 12.1. The number of benzene rings is 1. The molecule has 214 valence electrons. The first kappa shape index (κ1) is 27.0. The fourth-order valence-electron chi connectivity index (χ4n) is 6.24. The number of hydrogen-bond donors (Lipinski definition) is 2. The van der Waals surface area contributed by atoms with Crippen LogP contribution >= 0.6 is 0 Å². The van der Waals surface area contributed by atoms with Crippen molar-refractivity contribution in [2.75, 3.05) is 49.6 Å². The molecule has 0 amide bonds. The van der Waals surface area contributed by atoms with E-state index in [-0.39, 0.29) is 17.8 Å².